The van der Waals surface area contributed by atoms with E-state index in [4.69, 9.17) is 9.97 Å². The van der Waals surface area contributed by atoms with Crippen LogP contribution in [-0.2, 0) is 11.2 Å². The van der Waals surface area contributed by atoms with Crippen LogP contribution in [0.2, 0.25) is 0 Å². The number of allylic oxidation sites excluding steroid dienone is 3. The second-order valence-electron chi connectivity index (χ2n) is 9.97. The first-order chi connectivity index (χ1) is 19.0. The predicted molar refractivity (Wildman–Crippen MR) is 157 cm³/mol. The largest absolute Gasteiger partial charge is 0.481 e. The van der Waals surface area contributed by atoms with Crippen LogP contribution in [0.15, 0.2) is 72.5 Å². The summed E-state index contributed by atoms with van der Waals surface area (Å²) in [5.41, 5.74) is 5.91. The summed E-state index contributed by atoms with van der Waals surface area (Å²) in [5.74, 6) is -0.776. The van der Waals surface area contributed by atoms with E-state index in [1.165, 1.54) is 5.70 Å². The van der Waals surface area contributed by atoms with Gasteiger partial charge in [-0.25, -0.2) is 9.97 Å². The smallest absolute Gasteiger partial charge is 0.304 e. The molecule has 0 spiro atoms. The normalized spacial score (nSPS) is 16.3. The van der Waals surface area contributed by atoms with Crippen molar-refractivity contribution in [3.8, 4) is 11.3 Å². The van der Waals surface area contributed by atoms with Gasteiger partial charge < -0.3 is 14.9 Å². The van der Waals surface area contributed by atoms with Crippen LogP contribution in [-0.4, -0.2) is 74.4 Å². The van der Waals surface area contributed by atoms with Crippen molar-refractivity contribution in [2.75, 3.05) is 32.4 Å². The molecule has 7 nitrogen and oxygen atoms in total. The van der Waals surface area contributed by atoms with Crippen LogP contribution in [0, 0.1) is 0 Å². The van der Waals surface area contributed by atoms with Gasteiger partial charge in [-0.1, -0.05) is 42.5 Å². The van der Waals surface area contributed by atoms with Gasteiger partial charge in [0.25, 0.3) is 5.91 Å². The lowest BCUT2D eigenvalue weighted by Crippen LogP contribution is -2.48. The highest BCUT2D eigenvalue weighted by molar-refractivity contribution is 7.99. The number of hydrogen-bond acceptors (Lipinski definition) is 6. The second-order valence-corrected chi connectivity index (χ2v) is 11.1. The number of piperazine rings is 1. The van der Waals surface area contributed by atoms with Crippen molar-refractivity contribution >= 4 is 34.7 Å². The van der Waals surface area contributed by atoms with Crippen LogP contribution in [0.25, 0.3) is 22.3 Å². The molecule has 1 atom stereocenters. The molecule has 2 aliphatic rings. The minimum absolute atomic E-state index is 0.00457. The Hall–Kier alpha value is -3.65. The average molecular weight is 543 g/mol. The molecule has 202 valence electrons. The maximum absolute atomic E-state index is 13.4. The number of nitrogens with zero attached hydrogens (tertiary/aromatic N) is 4. The van der Waals surface area contributed by atoms with E-state index in [-0.39, 0.29) is 17.6 Å². The lowest BCUT2D eigenvalue weighted by atomic mass is 10.0. The molecule has 0 radical (unpaired) electrons. The van der Waals surface area contributed by atoms with Crippen molar-refractivity contribution in [3.63, 3.8) is 0 Å². The van der Waals surface area contributed by atoms with E-state index >= 15 is 0 Å². The third-order valence-electron chi connectivity index (χ3n) is 7.38. The highest BCUT2D eigenvalue weighted by Crippen LogP contribution is 2.27. The number of carbonyl (C=O) groups is 2. The molecule has 3 aromatic rings. The number of aryl methyl sites for hydroxylation is 1. The van der Waals surface area contributed by atoms with Crippen molar-refractivity contribution in [1.82, 2.24) is 19.8 Å². The SMILES string of the molecule is CSC(CCc1nc2cc(C(=O)N3CCN(C4=CCCC=C4)CC3)ccc2nc1-c1ccccc1)CC(=O)O. The molecule has 5 rings (SSSR count). The molecule has 1 aliphatic carbocycles. The van der Waals surface area contributed by atoms with Gasteiger partial charge in [-0.15, -0.1) is 0 Å². The maximum Gasteiger partial charge on any atom is 0.304 e. The highest BCUT2D eigenvalue weighted by atomic mass is 32.2. The number of thioether (sulfide) groups is 1. The molecular formula is C31H34N4O3S. The fraction of sp³-hybridized carbons (Fsp3) is 0.355. The number of fused-ring (bicyclic) bond motifs is 1. The van der Waals surface area contributed by atoms with Crippen molar-refractivity contribution < 1.29 is 14.7 Å². The molecule has 2 aromatic carbocycles. The van der Waals surface area contributed by atoms with Crippen molar-refractivity contribution in [1.29, 1.82) is 0 Å². The summed E-state index contributed by atoms with van der Waals surface area (Å²) in [6, 6.07) is 15.5. The molecule has 1 aliphatic heterocycles. The Morgan fingerprint density at radius 2 is 1.79 bits per heavy atom. The lowest BCUT2D eigenvalue weighted by molar-refractivity contribution is -0.137. The van der Waals surface area contributed by atoms with Crippen molar-refractivity contribution in [2.45, 2.75) is 37.4 Å². The summed E-state index contributed by atoms with van der Waals surface area (Å²) >= 11 is 1.56. The Labute approximate surface area is 233 Å². The van der Waals surface area contributed by atoms with Gasteiger partial charge in [-0.05, 0) is 56.2 Å². The van der Waals surface area contributed by atoms with Crippen LogP contribution in [0.5, 0.6) is 0 Å². The predicted octanol–water partition coefficient (Wildman–Crippen LogP) is 5.43. The Morgan fingerprint density at radius 3 is 2.49 bits per heavy atom. The third-order valence-corrected chi connectivity index (χ3v) is 8.45. The van der Waals surface area contributed by atoms with Gasteiger partial charge in [-0.3, -0.25) is 9.59 Å². The highest BCUT2D eigenvalue weighted by Gasteiger charge is 2.24. The molecule has 1 N–H and O–H groups in total. The van der Waals surface area contributed by atoms with Gasteiger partial charge in [0.1, 0.15) is 0 Å². The Morgan fingerprint density at radius 1 is 1.00 bits per heavy atom. The number of hydrogen-bond donors (Lipinski definition) is 1. The molecule has 39 heavy (non-hydrogen) atoms. The number of benzene rings is 2. The van der Waals surface area contributed by atoms with E-state index < -0.39 is 5.97 Å². The van der Waals surface area contributed by atoms with E-state index in [1.807, 2.05) is 59.7 Å². The minimum atomic E-state index is -0.793. The molecule has 8 heteroatoms. The first-order valence-electron chi connectivity index (χ1n) is 13.5. The van der Waals surface area contributed by atoms with Crippen LogP contribution >= 0.6 is 11.8 Å². The number of rotatable bonds is 9. The number of aromatic nitrogens is 2. The molecule has 1 amide bonds. The fourth-order valence-electron chi connectivity index (χ4n) is 5.21. The van der Waals surface area contributed by atoms with E-state index in [9.17, 15) is 14.7 Å². The monoisotopic (exact) mass is 542 g/mol. The Bertz CT molecular complexity index is 1400. The first-order valence-corrected chi connectivity index (χ1v) is 14.8. The number of aliphatic carboxylic acids is 1. The molecule has 1 unspecified atom stereocenters. The topological polar surface area (TPSA) is 86.6 Å². The average Bonchev–Trinajstić information content (AvgIpc) is 2.99. The summed E-state index contributed by atoms with van der Waals surface area (Å²) in [5, 5.41) is 9.27. The second kappa shape index (κ2) is 12.5. The molecule has 1 fully saturated rings. The molecule has 0 saturated carbocycles. The van der Waals surface area contributed by atoms with E-state index in [0.717, 1.165) is 48.4 Å². The molecule has 2 heterocycles. The Kier molecular flexibility index (Phi) is 8.61. The van der Waals surface area contributed by atoms with Gasteiger partial charge in [0, 0.05) is 48.3 Å². The van der Waals surface area contributed by atoms with Crippen LogP contribution in [0.3, 0.4) is 0 Å². The van der Waals surface area contributed by atoms with Crippen molar-refractivity contribution in [3.05, 3.63) is 83.7 Å². The third kappa shape index (κ3) is 6.50. The van der Waals surface area contributed by atoms with Gasteiger partial charge in [0.15, 0.2) is 0 Å². The zero-order valence-corrected chi connectivity index (χ0v) is 23.1. The lowest BCUT2D eigenvalue weighted by Gasteiger charge is -2.37. The molecular weight excluding hydrogens is 508 g/mol. The summed E-state index contributed by atoms with van der Waals surface area (Å²) in [6.45, 7) is 3.02. The summed E-state index contributed by atoms with van der Waals surface area (Å²) in [6.07, 6.45) is 12.2. The fourth-order valence-corrected chi connectivity index (χ4v) is 5.87. The maximum atomic E-state index is 13.4. The molecule has 1 saturated heterocycles. The zero-order chi connectivity index (χ0) is 27.2. The van der Waals surface area contributed by atoms with Crippen LogP contribution in [0.1, 0.15) is 41.7 Å². The van der Waals surface area contributed by atoms with E-state index in [0.29, 0.717) is 37.0 Å². The number of carboxylic acid groups (broad SMARTS) is 1. The summed E-state index contributed by atoms with van der Waals surface area (Å²) < 4.78 is 0. The minimum Gasteiger partial charge on any atom is -0.481 e. The van der Waals surface area contributed by atoms with Gasteiger partial charge >= 0.3 is 5.97 Å². The molecule has 1 aromatic heterocycles. The number of carbonyl (C=O) groups excluding carboxylic acids is 1. The Balaban J connectivity index is 1.37. The standard InChI is InChI=1S/C31H34N4O3S/c1-39-25(21-29(36)37)13-15-27-30(22-8-4-2-5-9-22)33-26-14-12-23(20-28(26)32-27)31(38)35-18-16-34(17-19-35)24-10-6-3-7-11-24/h2,4-6,8-12,14,20,25H,3,7,13,15-19,21H2,1H3,(H,36,37). The summed E-state index contributed by atoms with van der Waals surface area (Å²) in [4.78, 5) is 38.9. The van der Waals surface area contributed by atoms with E-state index in [2.05, 4.69) is 23.1 Å². The van der Waals surface area contributed by atoms with Crippen LogP contribution in [0.4, 0.5) is 0 Å². The number of carboxylic acids is 1. The van der Waals surface area contributed by atoms with Crippen molar-refractivity contribution in [2.24, 2.45) is 0 Å². The molecule has 0 bridgehead atoms. The zero-order valence-electron chi connectivity index (χ0n) is 22.3. The number of amides is 1. The van der Waals surface area contributed by atoms with E-state index in [1.54, 1.807) is 11.8 Å². The van der Waals surface area contributed by atoms with Gasteiger partial charge in [0.05, 0.1) is 28.8 Å². The van der Waals surface area contributed by atoms with Gasteiger partial charge in [-0.2, -0.15) is 11.8 Å². The quantitative estimate of drug-likeness (QED) is 0.386. The van der Waals surface area contributed by atoms with Crippen LogP contribution < -0.4 is 0 Å². The summed E-state index contributed by atoms with van der Waals surface area (Å²) in [7, 11) is 0. The first kappa shape index (κ1) is 26.9. The van der Waals surface area contributed by atoms with Gasteiger partial charge in [0.2, 0.25) is 0 Å².